The van der Waals surface area contributed by atoms with E-state index >= 15 is 0 Å². The molecule has 1 heterocycles. The monoisotopic (exact) mass is 233 g/mol. The number of rotatable bonds is 3. The molecular weight excluding hydrogens is 218 g/mol. The first-order chi connectivity index (χ1) is 8.04. The minimum Gasteiger partial charge on any atom is -0.326 e. The number of hydrogen-bond acceptors (Lipinski definition) is 2. The summed E-state index contributed by atoms with van der Waals surface area (Å²) in [5, 5.41) is 2.80. The second-order valence-corrected chi connectivity index (χ2v) is 4.49. The summed E-state index contributed by atoms with van der Waals surface area (Å²) in [6.07, 6.45) is 0.488. The molecule has 17 heavy (non-hydrogen) atoms. The van der Waals surface area contributed by atoms with Crippen molar-refractivity contribution in [2.24, 2.45) is 5.92 Å². The summed E-state index contributed by atoms with van der Waals surface area (Å²) in [5.74, 6) is 0.308. The van der Waals surface area contributed by atoms with Crippen LogP contribution in [0, 0.1) is 5.92 Å². The predicted octanol–water partition coefficient (Wildman–Crippen LogP) is 1.84. The highest BCUT2D eigenvalue weighted by molar-refractivity contribution is 5.93. The number of imidazole rings is 1. The molecule has 2 aromatic rings. The third-order valence-electron chi connectivity index (χ3n) is 2.39. The highest BCUT2D eigenvalue weighted by Gasteiger charge is 2.06. The fraction of sp³-hybridized carbons (Fsp3) is 0.333. The fourth-order valence-electron chi connectivity index (χ4n) is 1.69. The number of nitrogens with one attached hydrogen (secondary N) is 3. The Balaban J connectivity index is 2.19. The van der Waals surface area contributed by atoms with Gasteiger partial charge in [0.1, 0.15) is 0 Å². The Hall–Kier alpha value is -2.04. The molecule has 1 aromatic carbocycles. The van der Waals surface area contributed by atoms with Gasteiger partial charge in [0.25, 0.3) is 0 Å². The van der Waals surface area contributed by atoms with E-state index < -0.39 is 0 Å². The van der Waals surface area contributed by atoms with Crippen molar-refractivity contribution in [1.29, 1.82) is 0 Å². The Morgan fingerprint density at radius 1 is 1.29 bits per heavy atom. The van der Waals surface area contributed by atoms with Crippen LogP contribution in [0.15, 0.2) is 23.0 Å². The first-order valence-corrected chi connectivity index (χ1v) is 5.56. The van der Waals surface area contributed by atoms with E-state index in [0.717, 1.165) is 5.52 Å². The summed E-state index contributed by atoms with van der Waals surface area (Å²) in [4.78, 5) is 27.9. The molecule has 3 N–H and O–H groups in total. The number of fused-ring (bicyclic) bond motifs is 1. The Kier molecular flexibility index (Phi) is 2.99. The van der Waals surface area contributed by atoms with Gasteiger partial charge in [0, 0.05) is 12.1 Å². The van der Waals surface area contributed by atoms with Crippen molar-refractivity contribution < 1.29 is 4.79 Å². The summed E-state index contributed by atoms with van der Waals surface area (Å²) < 4.78 is 0. The van der Waals surface area contributed by atoms with E-state index in [2.05, 4.69) is 15.3 Å². The number of H-pyrrole nitrogens is 2. The average molecular weight is 233 g/mol. The minimum atomic E-state index is -0.245. The molecule has 1 amide bonds. The molecule has 0 radical (unpaired) electrons. The van der Waals surface area contributed by atoms with Gasteiger partial charge in [-0.1, -0.05) is 13.8 Å². The third kappa shape index (κ3) is 2.75. The van der Waals surface area contributed by atoms with Gasteiger partial charge in [0.15, 0.2) is 0 Å². The largest absolute Gasteiger partial charge is 0.326 e. The van der Waals surface area contributed by atoms with E-state index in [9.17, 15) is 9.59 Å². The summed E-state index contributed by atoms with van der Waals surface area (Å²) in [7, 11) is 0. The van der Waals surface area contributed by atoms with Crippen LogP contribution in [0.5, 0.6) is 0 Å². The molecule has 2 rings (SSSR count). The molecule has 5 nitrogen and oxygen atoms in total. The molecule has 0 saturated carbocycles. The first kappa shape index (κ1) is 11.4. The van der Waals surface area contributed by atoms with E-state index in [1.54, 1.807) is 18.2 Å². The van der Waals surface area contributed by atoms with Gasteiger partial charge in [-0.3, -0.25) is 4.79 Å². The van der Waals surface area contributed by atoms with E-state index in [-0.39, 0.29) is 11.6 Å². The van der Waals surface area contributed by atoms with E-state index in [0.29, 0.717) is 23.5 Å². The average Bonchev–Trinajstić information content (AvgIpc) is 2.55. The number of benzene rings is 1. The van der Waals surface area contributed by atoms with Crippen molar-refractivity contribution in [2.45, 2.75) is 20.3 Å². The summed E-state index contributed by atoms with van der Waals surface area (Å²) in [6, 6.07) is 5.27. The van der Waals surface area contributed by atoms with Crippen LogP contribution in [0.3, 0.4) is 0 Å². The van der Waals surface area contributed by atoms with Gasteiger partial charge in [-0.2, -0.15) is 0 Å². The maximum Gasteiger partial charge on any atom is 0.323 e. The Bertz CT molecular complexity index is 595. The molecule has 1 aromatic heterocycles. The Labute approximate surface area is 98.2 Å². The third-order valence-corrected chi connectivity index (χ3v) is 2.39. The number of carbonyl (C=O) groups is 1. The molecule has 0 aliphatic rings. The SMILES string of the molecule is CC(C)CC(=O)Nc1ccc2[nH]c(=O)[nH]c2c1. The second-order valence-electron chi connectivity index (χ2n) is 4.49. The molecule has 0 saturated heterocycles. The maximum atomic E-state index is 11.6. The number of carbonyl (C=O) groups excluding carboxylic acids is 1. The Morgan fingerprint density at radius 3 is 2.71 bits per heavy atom. The lowest BCUT2D eigenvalue weighted by Crippen LogP contribution is -2.13. The molecule has 5 heteroatoms. The predicted molar refractivity (Wildman–Crippen MR) is 67.0 cm³/mol. The van der Waals surface area contributed by atoms with Crippen molar-refractivity contribution >= 4 is 22.6 Å². The van der Waals surface area contributed by atoms with Crippen molar-refractivity contribution in [3.05, 3.63) is 28.7 Å². The van der Waals surface area contributed by atoms with Crippen LogP contribution < -0.4 is 11.0 Å². The maximum absolute atomic E-state index is 11.6. The van der Waals surface area contributed by atoms with Gasteiger partial charge >= 0.3 is 5.69 Å². The molecule has 0 aliphatic carbocycles. The van der Waals surface area contributed by atoms with Crippen molar-refractivity contribution in [3.8, 4) is 0 Å². The van der Waals surface area contributed by atoms with Crippen LogP contribution in [-0.2, 0) is 4.79 Å². The molecule has 0 spiro atoms. The smallest absolute Gasteiger partial charge is 0.323 e. The van der Waals surface area contributed by atoms with Crippen molar-refractivity contribution in [3.63, 3.8) is 0 Å². The topological polar surface area (TPSA) is 77.8 Å². The molecule has 0 fully saturated rings. The molecule has 0 aliphatic heterocycles. The first-order valence-electron chi connectivity index (χ1n) is 5.56. The molecule has 90 valence electrons. The molecule has 0 atom stereocenters. The number of anilines is 1. The summed E-state index contributed by atoms with van der Waals surface area (Å²) >= 11 is 0. The van der Waals surface area contributed by atoms with E-state index in [1.165, 1.54) is 0 Å². The molecular formula is C12H15N3O2. The minimum absolute atomic E-state index is 0.0165. The molecule has 0 bridgehead atoms. The Morgan fingerprint density at radius 2 is 2.00 bits per heavy atom. The zero-order valence-electron chi connectivity index (χ0n) is 9.83. The summed E-state index contributed by atoms with van der Waals surface area (Å²) in [6.45, 7) is 3.98. The number of amides is 1. The van der Waals surface area contributed by atoms with Gasteiger partial charge in [-0.15, -0.1) is 0 Å². The van der Waals surface area contributed by atoms with Crippen molar-refractivity contribution in [1.82, 2.24) is 9.97 Å². The van der Waals surface area contributed by atoms with Crippen molar-refractivity contribution in [2.75, 3.05) is 5.32 Å². The van der Waals surface area contributed by atoms with Crippen LogP contribution in [-0.4, -0.2) is 15.9 Å². The van der Waals surface area contributed by atoms with Crippen LogP contribution in [0.1, 0.15) is 20.3 Å². The number of aromatic nitrogens is 2. The normalized spacial score (nSPS) is 11.0. The van der Waals surface area contributed by atoms with Gasteiger partial charge in [-0.05, 0) is 24.1 Å². The van der Waals surface area contributed by atoms with E-state index in [1.807, 2.05) is 13.8 Å². The van der Waals surface area contributed by atoms with Crippen LogP contribution in [0.4, 0.5) is 5.69 Å². The van der Waals surface area contributed by atoms with Gasteiger partial charge in [0.2, 0.25) is 5.91 Å². The zero-order valence-corrected chi connectivity index (χ0v) is 9.83. The fourth-order valence-corrected chi connectivity index (χ4v) is 1.69. The lowest BCUT2D eigenvalue weighted by Gasteiger charge is -2.06. The highest BCUT2D eigenvalue weighted by Crippen LogP contribution is 2.15. The number of hydrogen-bond donors (Lipinski definition) is 3. The van der Waals surface area contributed by atoms with E-state index in [4.69, 9.17) is 0 Å². The summed E-state index contributed by atoms with van der Waals surface area (Å²) in [5.41, 5.74) is 1.87. The highest BCUT2D eigenvalue weighted by atomic mass is 16.1. The standard InChI is InChI=1S/C12H15N3O2/c1-7(2)5-11(16)13-8-3-4-9-10(6-8)15-12(17)14-9/h3-4,6-7H,5H2,1-2H3,(H,13,16)(H2,14,15,17). The lowest BCUT2D eigenvalue weighted by molar-refractivity contribution is -0.116. The quantitative estimate of drug-likeness (QED) is 0.756. The van der Waals surface area contributed by atoms with Gasteiger partial charge in [-0.25, -0.2) is 4.79 Å². The number of aromatic amines is 2. The molecule has 0 unspecified atom stereocenters. The zero-order chi connectivity index (χ0) is 12.4. The van der Waals surface area contributed by atoms with Crippen LogP contribution in [0.25, 0.3) is 11.0 Å². The lowest BCUT2D eigenvalue weighted by atomic mass is 10.1. The van der Waals surface area contributed by atoms with Crippen LogP contribution in [0.2, 0.25) is 0 Å². The van der Waals surface area contributed by atoms with Gasteiger partial charge in [0.05, 0.1) is 11.0 Å². The van der Waals surface area contributed by atoms with Crippen LogP contribution >= 0.6 is 0 Å². The second kappa shape index (κ2) is 4.45. The van der Waals surface area contributed by atoms with Gasteiger partial charge < -0.3 is 15.3 Å².